The van der Waals surface area contributed by atoms with Crippen molar-refractivity contribution in [2.45, 2.75) is 57.5 Å². The van der Waals surface area contributed by atoms with Crippen molar-refractivity contribution in [3.05, 3.63) is 102 Å². The van der Waals surface area contributed by atoms with Crippen molar-refractivity contribution in [1.82, 2.24) is 25.1 Å². The average molecular weight is 529 g/mol. The highest BCUT2D eigenvalue weighted by atomic mass is 16.1. The minimum absolute atomic E-state index is 0.0672. The molecule has 0 bridgehead atoms. The summed E-state index contributed by atoms with van der Waals surface area (Å²) in [6.45, 7) is 4.09. The molecular weight excluding hydrogens is 496 g/mol. The number of anilines is 2. The van der Waals surface area contributed by atoms with E-state index in [1.807, 2.05) is 54.5 Å². The number of amides is 1. The topological polar surface area (TPSA) is 84.7 Å². The molecule has 2 aliphatic carbocycles. The maximum absolute atomic E-state index is 13.3. The Hall–Kier alpha value is -4.52. The first-order chi connectivity index (χ1) is 19.5. The standard InChI is InChI=1S/C33H32N6O/c1-20-4-3-5-23(14-20)21(2)36-32(40)25-8-12-29(22-6-7-22)30(16-25)24-9-13-31-26(15-24)17-34-33(38-31)37-27-18-35-39(19-27)28-10-11-28/h3-5,8-9,12-19,21-22,28H,6-7,10-11H2,1-2H3,(H,36,40)(H,34,37,38)/t21-/m1/s1. The first-order valence-electron chi connectivity index (χ1n) is 14.1. The van der Waals surface area contributed by atoms with E-state index < -0.39 is 0 Å². The summed E-state index contributed by atoms with van der Waals surface area (Å²) in [5.41, 5.74) is 8.19. The van der Waals surface area contributed by atoms with Crippen molar-refractivity contribution in [2.24, 2.45) is 0 Å². The van der Waals surface area contributed by atoms with Gasteiger partial charge in [0.1, 0.15) is 0 Å². The third-order valence-corrected chi connectivity index (χ3v) is 7.89. The lowest BCUT2D eigenvalue weighted by molar-refractivity contribution is 0.0940. The Morgan fingerprint density at radius 1 is 1.00 bits per heavy atom. The van der Waals surface area contributed by atoms with Gasteiger partial charge in [0.2, 0.25) is 5.95 Å². The zero-order valence-electron chi connectivity index (χ0n) is 22.8. The number of fused-ring (bicyclic) bond motifs is 1. The van der Waals surface area contributed by atoms with Crippen molar-refractivity contribution in [1.29, 1.82) is 0 Å². The summed E-state index contributed by atoms with van der Waals surface area (Å²) in [6.07, 6.45) is 10.4. The molecule has 0 radical (unpaired) electrons. The highest BCUT2D eigenvalue weighted by Crippen LogP contribution is 2.45. The van der Waals surface area contributed by atoms with Crippen LogP contribution in [0.25, 0.3) is 22.0 Å². The van der Waals surface area contributed by atoms with Crippen LogP contribution in [0.5, 0.6) is 0 Å². The summed E-state index contributed by atoms with van der Waals surface area (Å²) in [6, 6.07) is 21.1. The number of hydrogen-bond acceptors (Lipinski definition) is 5. The van der Waals surface area contributed by atoms with Gasteiger partial charge in [-0.15, -0.1) is 0 Å². The molecule has 0 saturated heterocycles. The Kier molecular flexibility index (Phi) is 6.07. The largest absolute Gasteiger partial charge is 0.346 e. The van der Waals surface area contributed by atoms with Gasteiger partial charge in [0.15, 0.2) is 0 Å². The fourth-order valence-corrected chi connectivity index (χ4v) is 5.33. The first kappa shape index (κ1) is 24.5. The Labute approximate surface area is 233 Å². The van der Waals surface area contributed by atoms with Gasteiger partial charge in [0, 0.05) is 23.3 Å². The quantitative estimate of drug-likeness (QED) is 0.222. The highest BCUT2D eigenvalue weighted by Gasteiger charge is 2.27. The van der Waals surface area contributed by atoms with E-state index in [1.165, 1.54) is 36.8 Å². The third kappa shape index (κ3) is 5.07. The minimum atomic E-state index is -0.0809. The smallest absolute Gasteiger partial charge is 0.251 e. The van der Waals surface area contributed by atoms with Gasteiger partial charge >= 0.3 is 0 Å². The third-order valence-electron chi connectivity index (χ3n) is 7.89. The van der Waals surface area contributed by atoms with Crippen LogP contribution in [-0.2, 0) is 0 Å². The van der Waals surface area contributed by atoms with Gasteiger partial charge in [-0.1, -0.05) is 42.0 Å². The molecule has 7 nitrogen and oxygen atoms in total. The van der Waals surface area contributed by atoms with Crippen molar-refractivity contribution in [3.8, 4) is 11.1 Å². The summed E-state index contributed by atoms with van der Waals surface area (Å²) in [4.78, 5) is 22.6. The van der Waals surface area contributed by atoms with E-state index in [9.17, 15) is 4.79 Å². The predicted molar refractivity (Wildman–Crippen MR) is 158 cm³/mol. The summed E-state index contributed by atoms with van der Waals surface area (Å²) in [5, 5.41) is 11.8. The van der Waals surface area contributed by atoms with Gasteiger partial charge in [0.05, 0.1) is 29.5 Å². The molecule has 2 fully saturated rings. The molecule has 0 unspecified atom stereocenters. The fraction of sp³-hybridized carbons (Fsp3) is 0.273. The molecule has 2 heterocycles. The van der Waals surface area contributed by atoms with Gasteiger partial charge in [0.25, 0.3) is 5.91 Å². The van der Waals surface area contributed by atoms with Crippen LogP contribution in [0.15, 0.2) is 79.3 Å². The molecule has 3 aromatic carbocycles. The Bertz CT molecular complexity index is 1730. The van der Waals surface area contributed by atoms with Crippen molar-refractivity contribution in [2.75, 3.05) is 5.32 Å². The Balaban J connectivity index is 1.15. The monoisotopic (exact) mass is 528 g/mol. The predicted octanol–water partition coefficient (Wildman–Crippen LogP) is 7.25. The number of carbonyl (C=O) groups is 1. The minimum Gasteiger partial charge on any atom is -0.346 e. The second-order valence-electron chi connectivity index (χ2n) is 11.2. The molecule has 2 aliphatic rings. The van der Waals surface area contributed by atoms with Gasteiger partial charge in [-0.25, -0.2) is 9.97 Å². The van der Waals surface area contributed by atoms with E-state index in [0.29, 0.717) is 23.5 Å². The lowest BCUT2D eigenvalue weighted by Crippen LogP contribution is -2.26. The second kappa shape index (κ2) is 9.90. The number of hydrogen-bond donors (Lipinski definition) is 2. The van der Waals surface area contributed by atoms with E-state index in [-0.39, 0.29) is 11.9 Å². The molecular formula is C33H32N6O. The van der Waals surface area contributed by atoms with E-state index >= 15 is 0 Å². The first-order valence-corrected chi connectivity index (χ1v) is 14.1. The normalized spacial score (nSPS) is 15.7. The maximum atomic E-state index is 13.3. The Morgan fingerprint density at radius 3 is 2.67 bits per heavy atom. The summed E-state index contributed by atoms with van der Waals surface area (Å²) in [7, 11) is 0. The summed E-state index contributed by atoms with van der Waals surface area (Å²) >= 11 is 0. The van der Waals surface area contributed by atoms with Crippen LogP contribution in [0, 0.1) is 6.92 Å². The van der Waals surface area contributed by atoms with E-state index in [0.717, 1.165) is 33.3 Å². The number of aryl methyl sites for hydroxylation is 1. The number of aromatic nitrogens is 4. The molecule has 5 aromatic rings. The molecule has 2 N–H and O–H groups in total. The lowest BCUT2D eigenvalue weighted by Gasteiger charge is -2.17. The number of benzene rings is 3. The molecule has 1 atom stereocenters. The number of nitrogens with one attached hydrogen (secondary N) is 2. The molecule has 0 aliphatic heterocycles. The average Bonchev–Trinajstić information content (AvgIpc) is 3.91. The number of nitrogens with zero attached hydrogens (tertiary/aromatic N) is 4. The zero-order chi connectivity index (χ0) is 27.2. The van der Waals surface area contributed by atoms with Gasteiger partial charge < -0.3 is 10.6 Å². The fourth-order valence-electron chi connectivity index (χ4n) is 5.33. The summed E-state index contributed by atoms with van der Waals surface area (Å²) < 4.78 is 2.00. The van der Waals surface area contributed by atoms with Crippen LogP contribution in [0.3, 0.4) is 0 Å². The molecule has 2 saturated carbocycles. The number of rotatable bonds is 8. The van der Waals surface area contributed by atoms with Gasteiger partial charge in [-0.2, -0.15) is 5.10 Å². The van der Waals surface area contributed by atoms with Crippen LogP contribution < -0.4 is 10.6 Å². The molecule has 40 heavy (non-hydrogen) atoms. The second-order valence-corrected chi connectivity index (χ2v) is 11.2. The summed E-state index contributed by atoms with van der Waals surface area (Å²) in [5.74, 6) is 1.03. The van der Waals surface area contributed by atoms with E-state index in [1.54, 1.807) is 0 Å². The maximum Gasteiger partial charge on any atom is 0.251 e. The highest BCUT2D eigenvalue weighted by molar-refractivity contribution is 5.96. The van der Waals surface area contributed by atoms with Crippen LogP contribution in [0.2, 0.25) is 0 Å². The SMILES string of the molecule is Cc1cccc([C@@H](C)NC(=O)c2ccc(C3CC3)c(-c3ccc4nc(Nc5cnn(C6CC6)c5)ncc4c3)c2)c1. The van der Waals surface area contributed by atoms with Crippen molar-refractivity contribution in [3.63, 3.8) is 0 Å². The number of carbonyl (C=O) groups excluding carboxylic acids is 1. The Morgan fingerprint density at radius 2 is 1.88 bits per heavy atom. The van der Waals surface area contributed by atoms with Crippen molar-refractivity contribution < 1.29 is 4.79 Å². The van der Waals surface area contributed by atoms with Crippen LogP contribution in [0.4, 0.5) is 11.6 Å². The molecule has 7 rings (SSSR count). The zero-order valence-corrected chi connectivity index (χ0v) is 22.8. The molecule has 7 heteroatoms. The molecule has 1 amide bonds. The van der Waals surface area contributed by atoms with Gasteiger partial charge in [-0.05, 0) is 92.0 Å². The van der Waals surface area contributed by atoms with E-state index in [4.69, 9.17) is 4.98 Å². The molecule has 2 aromatic heterocycles. The van der Waals surface area contributed by atoms with Crippen LogP contribution in [0.1, 0.15) is 77.7 Å². The van der Waals surface area contributed by atoms with E-state index in [2.05, 4.69) is 64.0 Å². The van der Waals surface area contributed by atoms with Crippen LogP contribution in [-0.4, -0.2) is 25.7 Å². The van der Waals surface area contributed by atoms with Gasteiger partial charge in [-0.3, -0.25) is 9.48 Å². The lowest BCUT2D eigenvalue weighted by atomic mass is 9.93. The van der Waals surface area contributed by atoms with Crippen LogP contribution >= 0.6 is 0 Å². The molecule has 200 valence electrons. The van der Waals surface area contributed by atoms with Crippen molar-refractivity contribution >= 4 is 28.4 Å². The molecule has 0 spiro atoms.